The third kappa shape index (κ3) is 5.85. The van der Waals surface area contributed by atoms with Crippen molar-refractivity contribution in [2.45, 2.75) is 44.5 Å². The van der Waals surface area contributed by atoms with Crippen LogP contribution in [-0.2, 0) is 25.6 Å². The van der Waals surface area contributed by atoms with Gasteiger partial charge in [0.2, 0.25) is 0 Å². The van der Waals surface area contributed by atoms with Gasteiger partial charge < -0.3 is 19.1 Å². The Balaban J connectivity index is 1.71. The Morgan fingerprint density at radius 3 is 2.58 bits per heavy atom. The zero-order valence-corrected chi connectivity index (χ0v) is 14.3. The van der Waals surface area contributed by atoms with Gasteiger partial charge in [0.1, 0.15) is 19.3 Å². The Kier molecular flexibility index (Phi) is 7.06. The summed E-state index contributed by atoms with van der Waals surface area (Å²) in [4.78, 5) is 25.1. The monoisotopic (exact) mass is 335 g/mol. The first-order valence-electron chi connectivity index (χ1n) is 8.22. The van der Waals surface area contributed by atoms with Gasteiger partial charge in [-0.05, 0) is 24.8 Å². The highest BCUT2D eigenvalue weighted by Crippen LogP contribution is 2.23. The van der Waals surface area contributed by atoms with E-state index in [4.69, 9.17) is 14.2 Å². The molecule has 0 bridgehead atoms. The second-order valence-electron chi connectivity index (χ2n) is 6.03. The number of methoxy groups -OCH3 is 1. The molecule has 0 aliphatic heterocycles. The van der Waals surface area contributed by atoms with Crippen molar-refractivity contribution in [3.05, 3.63) is 35.9 Å². The lowest BCUT2D eigenvalue weighted by Gasteiger charge is -2.28. The van der Waals surface area contributed by atoms with Crippen molar-refractivity contribution in [1.82, 2.24) is 4.90 Å². The van der Waals surface area contributed by atoms with Crippen LogP contribution >= 0.6 is 0 Å². The second kappa shape index (κ2) is 9.27. The number of hydrogen-bond donors (Lipinski definition) is 0. The highest BCUT2D eigenvalue weighted by Gasteiger charge is 2.25. The smallest absolute Gasteiger partial charge is 0.410 e. The van der Waals surface area contributed by atoms with Crippen LogP contribution in [0.15, 0.2) is 30.3 Å². The highest BCUT2D eigenvalue weighted by atomic mass is 16.6. The van der Waals surface area contributed by atoms with Gasteiger partial charge in [0.25, 0.3) is 0 Å². The molecule has 0 heterocycles. The quantitative estimate of drug-likeness (QED) is 0.748. The molecule has 1 fully saturated rings. The van der Waals surface area contributed by atoms with Crippen molar-refractivity contribution in [3.8, 4) is 0 Å². The number of likely N-dealkylation sites (N-methyl/N-ethyl adjacent to an activating group) is 1. The fraction of sp³-hybridized carbons (Fsp3) is 0.556. The molecule has 0 spiro atoms. The molecule has 6 heteroatoms. The van der Waals surface area contributed by atoms with Crippen LogP contribution in [0.25, 0.3) is 0 Å². The number of ether oxygens (including phenoxy) is 3. The highest BCUT2D eigenvalue weighted by molar-refractivity contribution is 5.77. The number of nitrogens with zero attached hydrogens (tertiary/aromatic N) is 1. The number of carbonyl (C=O) groups excluding carboxylic acids is 2. The number of carbonyl (C=O) groups is 2. The summed E-state index contributed by atoms with van der Waals surface area (Å²) < 4.78 is 15.9. The molecule has 1 aliphatic carbocycles. The summed E-state index contributed by atoms with van der Waals surface area (Å²) in [5.41, 5.74) is 0.898. The van der Waals surface area contributed by atoms with Gasteiger partial charge in [-0.25, -0.2) is 4.79 Å². The van der Waals surface area contributed by atoms with E-state index in [1.165, 1.54) is 11.9 Å². The van der Waals surface area contributed by atoms with E-state index in [1.807, 2.05) is 30.3 Å². The van der Waals surface area contributed by atoms with E-state index >= 15 is 0 Å². The minimum absolute atomic E-state index is 0.123. The number of esters is 1. The molecule has 0 N–H and O–H groups in total. The van der Waals surface area contributed by atoms with Crippen LogP contribution < -0.4 is 0 Å². The van der Waals surface area contributed by atoms with Gasteiger partial charge in [0.05, 0.1) is 6.10 Å². The third-order valence-electron chi connectivity index (χ3n) is 4.09. The van der Waals surface area contributed by atoms with E-state index in [2.05, 4.69) is 0 Å². The topological polar surface area (TPSA) is 65.1 Å². The lowest BCUT2D eigenvalue weighted by molar-refractivity contribution is -0.153. The maximum absolute atomic E-state index is 12.0. The predicted octanol–water partition coefficient (Wildman–Crippen LogP) is 2.76. The van der Waals surface area contributed by atoms with Crippen molar-refractivity contribution in [2.75, 3.05) is 20.7 Å². The Morgan fingerprint density at radius 2 is 1.88 bits per heavy atom. The van der Waals surface area contributed by atoms with E-state index in [-0.39, 0.29) is 25.4 Å². The lowest BCUT2D eigenvalue weighted by atomic mass is 9.95. The van der Waals surface area contributed by atoms with E-state index in [0.717, 1.165) is 24.8 Å². The summed E-state index contributed by atoms with van der Waals surface area (Å²) >= 11 is 0. The molecule has 0 aromatic heterocycles. The fourth-order valence-corrected chi connectivity index (χ4v) is 2.73. The summed E-state index contributed by atoms with van der Waals surface area (Å²) in [7, 11) is 3.19. The SMILES string of the molecule is CO[C@H]1CCC[C@H](OC(=O)CN(C)C(=O)OCc2ccccc2)C1. The molecule has 1 saturated carbocycles. The van der Waals surface area contributed by atoms with Gasteiger partial charge in [0, 0.05) is 20.6 Å². The van der Waals surface area contributed by atoms with Gasteiger partial charge in [0.15, 0.2) is 0 Å². The molecule has 1 amide bonds. The maximum Gasteiger partial charge on any atom is 0.410 e. The van der Waals surface area contributed by atoms with Gasteiger partial charge in [-0.1, -0.05) is 30.3 Å². The molecule has 1 aliphatic rings. The van der Waals surface area contributed by atoms with Gasteiger partial charge in [-0.15, -0.1) is 0 Å². The molecule has 6 nitrogen and oxygen atoms in total. The first-order chi connectivity index (χ1) is 11.6. The van der Waals surface area contributed by atoms with E-state index in [9.17, 15) is 9.59 Å². The summed E-state index contributed by atoms with van der Waals surface area (Å²) in [6, 6.07) is 9.39. The molecular formula is C18H25NO5. The molecule has 2 atom stereocenters. The first kappa shape index (κ1) is 18.3. The van der Waals surface area contributed by atoms with Crippen molar-refractivity contribution >= 4 is 12.1 Å². The van der Waals surface area contributed by atoms with Crippen molar-refractivity contribution in [1.29, 1.82) is 0 Å². The van der Waals surface area contributed by atoms with E-state index in [1.54, 1.807) is 7.11 Å². The number of amides is 1. The van der Waals surface area contributed by atoms with Crippen LogP contribution in [0.4, 0.5) is 4.79 Å². The standard InChI is InChI=1S/C18H25NO5/c1-19(18(21)23-13-14-7-4-3-5-8-14)12-17(20)24-16-10-6-9-15(11-16)22-2/h3-5,7-8,15-16H,6,9-13H2,1-2H3/t15-,16-/m0/s1. The van der Waals surface area contributed by atoms with Gasteiger partial charge in [-0.3, -0.25) is 4.79 Å². The Hall–Kier alpha value is -2.08. The zero-order chi connectivity index (χ0) is 17.4. The molecule has 0 unspecified atom stereocenters. The minimum Gasteiger partial charge on any atom is -0.461 e. The molecule has 1 aromatic carbocycles. The van der Waals surface area contributed by atoms with Crippen LogP contribution in [0.1, 0.15) is 31.2 Å². The molecule has 132 valence electrons. The summed E-state index contributed by atoms with van der Waals surface area (Å²) in [6.45, 7) is 0.0545. The van der Waals surface area contributed by atoms with Gasteiger partial charge in [-0.2, -0.15) is 0 Å². The average molecular weight is 335 g/mol. The van der Waals surface area contributed by atoms with Crippen molar-refractivity contribution < 1.29 is 23.8 Å². The summed E-state index contributed by atoms with van der Waals surface area (Å²) in [6.07, 6.45) is 2.99. The maximum atomic E-state index is 12.0. The van der Waals surface area contributed by atoms with Crippen molar-refractivity contribution in [2.24, 2.45) is 0 Å². The molecule has 0 radical (unpaired) electrons. The first-order valence-corrected chi connectivity index (χ1v) is 8.22. The van der Waals surface area contributed by atoms with E-state index < -0.39 is 12.1 Å². The van der Waals surface area contributed by atoms with Crippen molar-refractivity contribution in [3.63, 3.8) is 0 Å². The molecule has 24 heavy (non-hydrogen) atoms. The number of benzene rings is 1. The van der Waals surface area contributed by atoms with Crippen LogP contribution in [0.2, 0.25) is 0 Å². The van der Waals surface area contributed by atoms with Crippen LogP contribution in [0, 0.1) is 0 Å². The minimum atomic E-state index is -0.547. The Bertz CT molecular complexity index is 533. The van der Waals surface area contributed by atoms with Crippen LogP contribution in [0.5, 0.6) is 0 Å². The molecule has 2 rings (SSSR count). The van der Waals surface area contributed by atoms with Crippen LogP contribution in [-0.4, -0.2) is 49.9 Å². The van der Waals surface area contributed by atoms with Crippen LogP contribution in [0.3, 0.4) is 0 Å². The predicted molar refractivity (Wildman–Crippen MR) is 88.4 cm³/mol. The number of rotatable bonds is 6. The van der Waals surface area contributed by atoms with E-state index in [0.29, 0.717) is 6.42 Å². The Labute approximate surface area is 142 Å². The lowest BCUT2D eigenvalue weighted by Crippen LogP contribution is -2.36. The fourth-order valence-electron chi connectivity index (χ4n) is 2.73. The molecule has 0 saturated heterocycles. The van der Waals surface area contributed by atoms with Gasteiger partial charge >= 0.3 is 12.1 Å². The zero-order valence-electron chi connectivity index (χ0n) is 14.3. The Morgan fingerprint density at radius 1 is 1.17 bits per heavy atom. The third-order valence-corrected chi connectivity index (χ3v) is 4.09. The normalized spacial score (nSPS) is 20.2. The number of hydrogen-bond acceptors (Lipinski definition) is 5. The molecule has 1 aromatic rings. The molecular weight excluding hydrogens is 310 g/mol. The summed E-state index contributed by atoms with van der Waals surface area (Å²) in [5, 5.41) is 0. The summed E-state index contributed by atoms with van der Waals surface area (Å²) in [5.74, 6) is -0.420. The largest absolute Gasteiger partial charge is 0.461 e. The average Bonchev–Trinajstić information content (AvgIpc) is 2.60. The second-order valence-corrected chi connectivity index (χ2v) is 6.03.